The first kappa shape index (κ1) is 24.1. The van der Waals surface area contributed by atoms with E-state index >= 15 is 0 Å². The summed E-state index contributed by atoms with van der Waals surface area (Å²) in [5, 5.41) is 23.2. The third-order valence-electron chi connectivity index (χ3n) is 5.50. The smallest absolute Gasteiger partial charge is 0.358 e. The number of ether oxygens (including phenoxy) is 2. The van der Waals surface area contributed by atoms with Crippen LogP contribution in [0.1, 0.15) is 11.1 Å². The summed E-state index contributed by atoms with van der Waals surface area (Å²) in [7, 11) is 1.55. The van der Waals surface area contributed by atoms with E-state index in [9.17, 15) is 29.6 Å². The summed E-state index contributed by atoms with van der Waals surface area (Å²) < 4.78 is 10.3. The molecule has 2 heterocycles. The van der Waals surface area contributed by atoms with Crippen LogP contribution in [0.3, 0.4) is 0 Å². The number of β-lactam (4-membered cyclic amide) rings is 1. The quantitative estimate of drug-likeness (QED) is 0.241. The van der Waals surface area contributed by atoms with Crippen molar-refractivity contribution in [3.8, 4) is 5.75 Å². The minimum atomic E-state index is -0.900. The standard InChI is InChI=1S/C23H21N3O8S/c1-33-16-8-4-13(5-9-16)10-18(28)24-19-21(29)25-20(17(27)12-35-22(19)25)23(30)34-11-14-2-6-15(7-3-14)26(31)32/h2-9,19,22,27H,10-12H2,1H3,(H,24,28)/t19?,22-/m1/s1. The molecule has 12 heteroatoms. The highest BCUT2D eigenvalue weighted by Gasteiger charge is 2.54. The summed E-state index contributed by atoms with van der Waals surface area (Å²) >= 11 is 1.22. The van der Waals surface area contributed by atoms with E-state index in [0.717, 1.165) is 10.5 Å². The second-order valence-electron chi connectivity index (χ2n) is 7.77. The molecule has 2 aliphatic rings. The molecule has 2 aromatic rings. The number of carbonyl (C=O) groups excluding carboxylic acids is 3. The van der Waals surface area contributed by atoms with Gasteiger partial charge in [0.2, 0.25) is 5.91 Å². The third kappa shape index (κ3) is 5.06. The van der Waals surface area contributed by atoms with Gasteiger partial charge in [-0.1, -0.05) is 12.1 Å². The number of aliphatic hydroxyl groups excluding tert-OH is 1. The molecule has 2 amide bonds. The molecule has 2 aromatic carbocycles. The van der Waals surface area contributed by atoms with Crippen LogP contribution in [0.2, 0.25) is 0 Å². The van der Waals surface area contributed by atoms with E-state index in [-0.39, 0.29) is 41.8 Å². The molecule has 2 aliphatic heterocycles. The molecule has 0 aromatic heterocycles. The number of fused-ring (bicyclic) bond motifs is 1. The van der Waals surface area contributed by atoms with Crippen LogP contribution in [0.15, 0.2) is 60.0 Å². The van der Waals surface area contributed by atoms with E-state index in [2.05, 4.69) is 5.32 Å². The van der Waals surface area contributed by atoms with Crippen LogP contribution in [-0.4, -0.2) is 57.0 Å². The molecule has 0 saturated carbocycles. The maximum atomic E-state index is 12.8. The number of hydrogen-bond acceptors (Lipinski definition) is 9. The average Bonchev–Trinajstić information content (AvgIpc) is 2.86. The van der Waals surface area contributed by atoms with E-state index < -0.39 is 28.2 Å². The van der Waals surface area contributed by atoms with Crippen molar-refractivity contribution in [3.05, 3.63) is 81.2 Å². The lowest BCUT2D eigenvalue weighted by atomic mass is 10.0. The number of amides is 2. The SMILES string of the molecule is COc1ccc(CC(=O)NC2C(=O)N3C(C(=O)OCc4ccc([N+](=O)[O-])cc4)=C(O)CS[C@H]23)cc1. The number of methoxy groups -OCH3 is 1. The second kappa shape index (κ2) is 10.1. The number of nitrogens with zero attached hydrogens (tertiary/aromatic N) is 2. The Balaban J connectivity index is 1.36. The first-order chi connectivity index (χ1) is 16.8. The van der Waals surface area contributed by atoms with Gasteiger partial charge in [0.05, 0.1) is 24.2 Å². The molecule has 11 nitrogen and oxygen atoms in total. The number of benzene rings is 2. The number of carbonyl (C=O) groups is 3. The summed E-state index contributed by atoms with van der Waals surface area (Å²) in [5.41, 5.74) is 0.890. The summed E-state index contributed by atoms with van der Waals surface area (Å²) in [4.78, 5) is 49.2. The number of non-ortho nitro benzene ring substituents is 1. The first-order valence-electron chi connectivity index (χ1n) is 10.5. The van der Waals surface area contributed by atoms with Gasteiger partial charge >= 0.3 is 5.97 Å². The predicted molar refractivity (Wildman–Crippen MR) is 124 cm³/mol. The lowest BCUT2D eigenvalue weighted by molar-refractivity contribution is -0.384. The molecule has 0 bridgehead atoms. The van der Waals surface area contributed by atoms with Crippen molar-refractivity contribution in [3.63, 3.8) is 0 Å². The fraction of sp³-hybridized carbons (Fsp3) is 0.261. The minimum Gasteiger partial charge on any atom is -0.509 e. The Bertz CT molecular complexity index is 1200. The lowest BCUT2D eigenvalue weighted by Crippen LogP contribution is -2.70. The van der Waals surface area contributed by atoms with Crippen LogP contribution in [0.5, 0.6) is 5.75 Å². The second-order valence-corrected chi connectivity index (χ2v) is 8.88. The number of hydrogen-bond donors (Lipinski definition) is 2. The Morgan fingerprint density at radius 2 is 1.83 bits per heavy atom. The number of nitro benzene ring substituents is 1. The topological polar surface area (TPSA) is 148 Å². The summed E-state index contributed by atoms with van der Waals surface area (Å²) in [6.45, 7) is -0.199. The summed E-state index contributed by atoms with van der Waals surface area (Å²) in [5.74, 6) is -1.34. The zero-order chi connectivity index (χ0) is 25.1. The number of aliphatic hydroxyl groups is 1. The maximum Gasteiger partial charge on any atom is 0.358 e. The van der Waals surface area contributed by atoms with E-state index in [4.69, 9.17) is 9.47 Å². The molecule has 1 fully saturated rings. The van der Waals surface area contributed by atoms with Crippen molar-refractivity contribution in [1.82, 2.24) is 10.2 Å². The molecular weight excluding hydrogens is 478 g/mol. The normalized spacial score (nSPS) is 18.9. The number of esters is 1. The zero-order valence-electron chi connectivity index (χ0n) is 18.5. The monoisotopic (exact) mass is 499 g/mol. The first-order valence-corrected chi connectivity index (χ1v) is 11.5. The highest BCUT2D eigenvalue weighted by molar-refractivity contribution is 8.00. The van der Waals surface area contributed by atoms with Crippen molar-refractivity contribution in [2.45, 2.75) is 24.4 Å². The van der Waals surface area contributed by atoms with Gasteiger partial charge in [0.15, 0.2) is 5.70 Å². The molecule has 4 rings (SSSR count). The molecule has 35 heavy (non-hydrogen) atoms. The van der Waals surface area contributed by atoms with Crippen LogP contribution in [0.4, 0.5) is 5.69 Å². The largest absolute Gasteiger partial charge is 0.509 e. The van der Waals surface area contributed by atoms with Crippen LogP contribution >= 0.6 is 11.8 Å². The van der Waals surface area contributed by atoms with Crippen molar-refractivity contribution >= 4 is 35.2 Å². The molecule has 0 spiro atoms. The molecular formula is C23H21N3O8S. The Morgan fingerprint density at radius 1 is 1.17 bits per heavy atom. The van der Waals surface area contributed by atoms with Crippen molar-refractivity contribution in [1.29, 1.82) is 0 Å². The summed E-state index contributed by atoms with van der Waals surface area (Å²) in [6.07, 6.45) is 0.0659. The van der Waals surface area contributed by atoms with Gasteiger partial charge in [0.1, 0.15) is 29.5 Å². The molecule has 182 valence electrons. The fourth-order valence-corrected chi connectivity index (χ4v) is 4.88. The van der Waals surface area contributed by atoms with Crippen molar-refractivity contribution < 1.29 is 33.9 Å². The molecule has 0 aliphatic carbocycles. The van der Waals surface area contributed by atoms with Gasteiger partial charge < -0.3 is 19.9 Å². The van der Waals surface area contributed by atoms with E-state index in [1.807, 2.05) is 0 Å². The van der Waals surface area contributed by atoms with Crippen molar-refractivity contribution in [2.75, 3.05) is 12.9 Å². The fourth-order valence-electron chi connectivity index (χ4n) is 3.68. The number of nitro groups is 1. The van der Waals surface area contributed by atoms with Gasteiger partial charge in [0.25, 0.3) is 11.6 Å². The third-order valence-corrected chi connectivity index (χ3v) is 6.76. The van der Waals surface area contributed by atoms with Gasteiger partial charge in [-0.3, -0.25) is 24.6 Å². The van der Waals surface area contributed by atoms with Crippen LogP contribution in [0.25, 0.3) is 0 Å². The van der Waals surface area contributed by atoms with Crippen LogP contribution in [0, 0.1) is 10.1 Å². The molecule has 1 unspecified atom stereocenters. The minimum absolute atomic E-state index is 0.0659. The van der Waals surface area contributed by atoms with Crippen LogP contribution < -0.4 is 10.1 Å². The number of nitrogens with one attached hydrogen (secondary N) is 1. The van der Waals surface area contributed by atoms with E-state index in [1.54, 1.807) is 31.4 Å². The Kier molecular flexibility index (Phi) is 6.92. The molecule has 2 atom stereocenters. The Hall–Kier alpha value is -4.06. The average molecular weight is 500 g/mol. The summed E-state index contributed by atoms with van der Waals surface area (Å²) in [6, 6.07) is 11.6. The van der Waals surface area contributed by atoms with Gasteiger partial charge in [-0.2, -0.15) is 0 Å². The highest BCUT2D eigenvalue weighted by Crippen LogP contribution is 2.40. The Labute approximate surface area is 203 Å². The number of rotatable bonds is 8. The highest BCUT2D eigenvalue weighted by atomic mass is 32.2. The number of thioether (sulfide) groups is 1. The molecule has 1 saturated heterocycles. The van der Waals surface area contributed by atoms with Gasteiger partial charge in [-0.25, -0.2) is 4.79 Å². The van der Waals surface area contributed by atoms with Gasteiger partial charge in [0, 0.05) is 12.1 Å². The predicted octanol–water partition coefficient (Wildman–Crippen LogP) is 2.06. The van der Waals surface area contributed by atoms with Gasteiger partial charge in [-0.15, -0.1) is 11.8 Å². The van der Waals surface area contributed by atoms with Crippen LogP contribution in [-0.2, 0) is 32.1 Å². The van der Waals surface area contributed by atoms with E-state index in [0.29, 0.717) is 11.3 Å². The maximum absolute atomic E-state index is 12.8. The molecule has 2 N–H and O–H groups in total. The van der Waals surface area contributed by atoms with E-state index in [1.165, 1.54) is 36.0 Å². The molecule has 0 radical (unpaired) electrons. The zero-order valence-corrected chi connectivity index (χ0v) is 19.3. The van der Waals surface area contributed by atoms with Crippen molar-refractivity contribution in [2.24, 2.45) is 0 Å². The lowest BCUT2D eigenvalue weighted by Gasteiger charge is -2.48. The van der Waals surface area contributed by atoms with Gasteiger partial charge in [-0.05, 0) is 35.4 Å². The Morgan fingerprint density at radius 3 is 2.46 bits per heavy atom.